The molecule has 0 bridgehead atoms. The number of nitrogens with zero attached hydrogens (tertiary/aromatic N) is 1. The number of nitrogens with one attached hydrogen (secondary N) is 1. The van der Waals surface area contributed by atoms with Gasteiger partial charge in [0, 0.05) is 25.0 Å². The van der Waals surface area contributed by atoms with Crippen molar-refractivity contribution in [2.75, 3.05) is 19.6 Å². The molecule has 0 saturated carbocycles. The minimum Gasteiger partial charge on any atom is -0.355 e. The standard InChI is InChI=1S/C14H12.C7H14N2O/c1-10-11-6-2-4-8-13(11)14-9-5-3-7-12(10)14;1-2-9-4-3-7(5-9)8-6-10/h2-10H,1H3;6-7H,2-5H2,1H3,(H,8,10). The average molecular weight is 322 g/mol. The third-order valence-corrected chi connectivity index (χ3v) is 5.17. The van der Waals surface area contributed by atoms with Crippen LogP contribution in [0.1, 0.15) is 37.3 Å². The van der Waals surface area contributed by atoms with Crippen LogP contribution in [-0.2, 0) is 4.79 Å². The molecule has 3 nitrogen and oxygen atoms in total. The molecule has 1 unspecified atom stereocenters. The molecule has 3 heteroatoms. The van der Waals surface area contributed by atoms with Crippen molar-refractivity contribution in [3.05, 3.63) is 59.7 Å². The van der Waals surface area contributed by atoms with Crippen molar-refractivity contribution in [2.24, 2.45) is 0 Å². The fraction of sp³-hybridized carbons (Fsp3) is 0.381. The summed E-state index contributed by atoms with van der Waals surface area (Å²) in [5, 5.41) is 2.79. The highest BCUT2D eigenvalue weighted by Gasteiger charge is 2.23. The van der Waals surface area contributed by atoms with Gasteiger partial charge in [-0.2, -0.15) is 0 Å². The second-order valence-electron chi connectivity index (χ2n) is 6.56. The smallest absolute Gasteiger partial charge is 0.207 e. The van der Waals surface area contributed by atoms with Crippen molar-refractivity contribution in [1.29, 1.82) is 0 Å². The molecule has 1 N–H and O–H groups in total. The molecular weight excluding hydrogens is 296 g/mol. The van der Waals surface area contributed by atoms with Gasteiger partial charge in [-0.15, -0.1) is 0 Å². The summed E-state index contributed by atoms with van der Waals surface area (Å²) >= 11 is 0. The van der Waals surface area contributed by atoms with Crippen LogP contribution in [0.3, 0.4) is 0 Å². The Morgan fingerprint density at radius 2 is 1.67 bits per heavy atom. The van der Waals surface area contributed by atoms with E-state index >= 15 is 0 Å². The number of amides is 1. The molecular formula is C21H26N2O. The van der Waals surface area contributed by atoms with E-state index in [0.29, 0.717) is 12.0 Å². The van der Waals surface area contributed by atoms with E-state index in [4.69, 9.17) is 0 Å². The van der Waals surface area contributed by atoms with Crippen LogP contribution in [0.5, 0.6) is 0 Å². The van der Waals surface area contributed by atoms with Gasteiger partial charge in [0.15, 0.2) is 0 Å². The minimum atomic E-state index is 0.400. The SMILES string of the molecule is CC1c2ccccc2-c2ccccc21.CCN1CCC(NC=O)C1. The van der Waals surface area contributed by atoms with Crippen molar-refractivity contribution < 1.29 is 4.79 Å². The number of likely N-dealkylation sites (N-methyl/N-ethyl adjacent to an activating group) is 1. The zero-order valence-electron chi connectivity index (χ0n) is 14.5. The molecule has 1 atom stereocenters. The van der Waals surface area contributed by atoms with Gasteiger partial charge in [-0.1, -0.05) is 62.4 Å². The van der Waals surface area contributed by atoms with Crippen LogP contribution in [0.25, 0.3) is 11.1 Å². The zero-order chi connectivity index (χ0) is 16.9. The number of fused-ring (bicyclic) bond motifs is 3. The number of rotatable bonds is 3. The van der Waals surface area contributed by atoms with Gasteiger partial charge < -0.3 is 10.2 Å². The molecule has 1 amide bonds. The van der Waals surface area contributed by atoms with Gasteiger partial charge in [0.1, 0.15) is 0 Å². The molecule has 1 saturated heterocycles. The third kappa shape index (κ3) is 3.36. The number of carbonyl (C=O) groups is 1. The van der Waals surface area contributed by atoms with Crippen molar-refractivity contribution in [1.82, 2.24) is 10.2 Å². The normalized spacial score (nSPS) is 19.2. The largest absolute Gasteiger partial charge is 0.355 e. The fourth-order valence-corrected chi connectivity index (χ4v) is 3.76. The van der Waals surface area contributed by atoms with E-state index in [1.807, 2.05) is 0 Å². The molecule has 1 fully saturated rings. The van der Waals surface area contributed by atoms with Crippen molar-refractivity contribution in [3.63, 3.8) is 0 Å². The summed E-state index contributed by atoms with van der Waals surface area (Å²) in [6.45, 7) is 7.67. The van der Waals surface area contributed by atoms with Crippen LogP contribution < -0.4 is 5.32 Å². The Labute approximate surface area is 144 Å². The topological polar surface area (TPSA) is 32.3 Å². The summed E-state index contributed by atoms with van der Waals surface area (Å²) in [4.78, 5) is 12.4. The van der Waals surface area contributed by atoms with E-state index in [-0.39, 0.29) is 0 Å². The first-order valence-electron chi connectivity index (χ1n) is 8.84. The summed E-state index contributed by atoms with van der Waals surface area (Å²) in [5.41, 5.74) is 5.76. The maximum atomic E-state index is 10.0. The van der Waals surface area contributed by atoms with Crippen LogP contribution in [0, 0.1) is 0 Å². The van der Waals surface area contributed by atoms with Gasteiger partial charge in [-0.05, 0) is 35.2 Å². The number of benzene rings is 2. The van der Waals surface area contributed by atoms with E-state index in [1.54, 1.807) is 0 Å². The Morgan fingerprint density at radius 3 is 2.17 bits per heavy atom. The number of hydrogen-bond acceptors (Lipinski definition) is 2. The van der Waals surface area contributed by atoms with Crippen LogP contribution in [0.4, 0.5) is 0 Å². The Morgan fingerprint density at radius 1 is 1.08 bits per heavy atom. The second-order valence-corrected chi connectivity index (χ2v) is 6.56. The molecule has 1 aliphatic carbocycles. The van der Waals surface area contributed by atoms with Crippen LogP contribution in [0.15, 0.2) is 48.5 Å². The second kappa shape index (κ2) is 7.63. The lowest BCUT2D eigenvalue weighted by atomic mass is 10.00. The summed E-state index contributed by atoms with van der Waals surface area (Å²) in [7, 11) is 0. The van der Waals surface area contributed by atoms with Crippen molar-refractivity contribution >= 4 is 6.41 Å². The minimum absolute atomic E-state index is 0.400. The molecule has 2 aromatic rings. The van der Waals surface area contributed by atoms with E-state index in [1.165, 1.54) is 22.3 Å². The molecule has 0 radical (unpaired) electrons. The van der Waals surface area contributed by atoms with Gasteiger partial charge in [0.25, 0.3) is 0 Å². The van der Waals surface area contributed by atoms with E-state index < -0.39 is 0 Å². The highest BCUT2D eigenvalue weighted by atomic mass is 16.1. The fourth-order valence-electron chi connectivity index (χ4n) is 3.76. The first kappa shape index (κ1) is 16.7. The molecule has 4 rings (SSSR count). The molecule has 0 aromatic heterocycles. The monoisotopic (exact) mass is 322 g/mol. The van der Waals surface area contributed by atoms with Gasteiger partial charge in [0.2, 0.25) is 6.41 Å². The summed E-state index contributed by atoms with van der Waals surface area (Å²) < 4.78 is 0. The zero-order valence-corrected chi connectivity index (χ0v) is 14.5. The van der Waals surface area contributed by atoms with Crippen LogP contribution >= 0.6 is 0 Å². The summed E-state index contributed by atoms with van der Waals surface area (Å²) in [6.07, 6.45) is 1.90. The number of likely N-dealkylation sites (tertiary alicyclic amines) is 1. The predicted octanol–water partition coefficient (Wildman–Crippen LogP) is 3.65. The Hall–Kier alpha value is -2.13. The van der Waals surface area contributed by atoms with Crippen LogP contribution in [-0.4, -0.2) is 37.0 Å². The highest BCUT2D eigenvalue weighted by Crippen LogP contribution is 2.43. The molecule has 2 aromatic carbocycles. The average Bonchev–Trinajstić information content (AvgIpc) is 3.20. The summed E-state index contributed by atoms with van der Waals surface area (Å²) in [6, 6.07) is 17.8. The molecule has 24 heavy (non-hydrogen) atoms. The lowest BCUT2D eigenvalue weighted by molar-refractivity contribution is -0.110. The van der Waals surface area contributed by atoms with Crippen molar-refractivity contribution in [2.45, 2.75) is 32.2 Å². The molecule has 1 heterocycles. The molecule has 1 aliphatic heterocycles. The first-order valence-corrected chi connectivity index (χ1v) is 8.84. The Kier molecular flexibility index (Phi) is 5.31. The van der Waals surface area contributed by atoms with E-state index in [0.717, 1.165) is 32.5 Å². The predicted molar refractivity (Wildman–Crippen MR) is 99.1 cm³/mol. The first-order chi connectivity index (χ1) is 11.7. The number of hydrogen-bond donors (Lipinski definition) is 1. The van der Waals surface area contributed by atoms with Gasteiger partial charge in [-0.25, -0.2) is 0 Å². The van der Waals surface area contributed by atoms with Gasteiger partial charge >= 0.3 is 0 Å². The van der Waals surface area contributed by atoms with Gasteiger partial charge in [0.05, 0.1) is 0 Å². The van der Waals surface area contributed by atoms with E-state index in [2.05, 4.69) is 72.6 Å². The highest BCUT2D eigenvalue weighted by molar-refractivity contribution is 5.78. The molecule has 0 spiro atoms. The maximum Gasteiger partial charge on any atom is 0.207 e. The lowest BCUT2D eigenvalue weighted by Gasteiger charge is -2.11. The van der Waals surface area contributed by atoms with Crippen molar-refractivity contribution in [3.8, 4) is 11.1 Å². The molecule has 2 aliphatic rings. The van der Waals surface area contributed by atoms with Crippen LogP contribution in [0.2, 0.25) is 0 Å². The summed E-state index contributed by atoms with van der Waals surface area (Å²) in [5.74, 6) is 0.558. The maximum absolute atomic E-state index is 10.0. The third-order valence-electron chi connectivity index (χ3n) is 5.17. The Balaban J connectivity index is 0.000000150. The lowest BCUT2D eigenvalue weighted by Crippen LogP contribution is -2.31. The molecule has 126 valence electrons. The van der Waals surface area contributed by atoms with Gasteiger partial charge in [-0.3, -0.25) is 4.79 Å². The number of carbonyl (C=O) groups excluding carboxylic acids is 1. The quantitative estimate of drug-likeness (QED) is 0.875. The van der Waals surface area contributed by atoms with E-state index in [9.17, 15) is 4.79 Å². The Bertz CT molecular complexity index is 652.